The molecule has 2 atom stereocenters. The van der Waals surface area contributed by atoms with E-state index in [1.807, 2.05) is 0 Å². The predicted octanol–water partition coefficient (Wildman–Crippen LogP) is 5.35. The lowest BCUT2D eigenvalue weighted by Gasteiger charge is -2.26. The summed E-state index contributed by atoms with van der Waals surface area (Å²) in [5.74, 6) is 0. The maximum Gasteiger partial charge on any atom is 0.408 e. The summed E-state index contributed by atoms with van der Waals surface area (Å²) >= 11 is 13.3. The van der Waals surface area contributed by atoms with Gasteiger partial charge >= 0.3 is 6.09 Å². The molecule has 0 aliphatic carbocycles. The molecular weight excluding hydrogens is 369 g/mol. The number of aliphatic hydroxyl groups excluding tert-OH is 1. The Kier molecular flexibility index (Phi) is 6.15. The maximum absolute atomic E-state index is 12.2. The lowest BCUT2D eigenvalue weighted by atomic mass is 10.0. The van der Waals surface area contributed by atoms with Crippen LogP contribution in [0.25, 0.3) is 0 Å². The number of carbonyl (C=O) groups is 1. The van der Waals surface area contributed by atoms with Crippen LogP contribution >= 0.6 is 34.5 Å². The van der Waals surface area contributed by atoms with Crippen molar-refractivity contribution in [1.29, 1.82) is 0 Å². The molecule has 0 radical (unpaired) electrons. The Morgan fingerprint density at radius 1 is 1.25 bits per heavy atom. The van der Waals surface area contributed by atoms with E-state index in [1.54, 1.807) is 57.2 Å². The topological polar surface area (TPSA) is 58.6 Å². The van der Waals surface area contributed by atoms with Crippen LogP contribution in [0.2, 0.25) is 9.36 Å². The summed E-state index contributed by atoms with van der Waals surface area (Å²) in [5.41, 5.74) is -0.0454. The van der Waals surface area contributed by atoms with Crippen molar-refractivity contribution in [2.24, 2.45) is 0 Å². The molecule has 0 unspecified atom stereocenters. The Hall–Kier alpha value is -1.27. The van der Waals surface area contributed by atoms with E-state index in [9.17, 15) is 9.90 Å². The number of hydrogen-bond acceptors (Lipinski definition) is 4. The molecule has 4 nitrogen and oxygen atoms in total. The zero-order valence-electron chi connectivity index (χ0n) is 13.5. The molecule has 1 aromatic carbocycles. The Morgan fingerprint density at radius 3 is 2.50 bits per heavy atom. The van der Waals surface area contributed by atoms with Gasteiger partial charge in [0.2, 0.25) is 0 Å². The summed E-state index contributed by atoms with van der Waals surface area (Å²) in [6, 6.07) is 9.65. The van der Waals surface area contributed by atoms with Crippen LogP contribution in [-0.2, 0) is 4.74 Å². The fourth-order valence-corrected chi connectivity index (χ4v) is 3.46. The molecule has 0 aliphatic heterocycles. The smallest absolute Gasteiger partial charge is 0.408 e. The summed E-state index contributed by atoms with van der Waals surface area (Å²) < 4.78 is 5.86. The van der Waals surface area contributed by atoms with E-state index >= 15 is 0 Å². The van der Waals surface area contributed by atoms with Gasteiger partial charge in [0, 0.05) is 9.90 Å². The number of nitrogens with one attached hydrogen (secondary N) is 1. The monoisotopic (exact) mass is 387 g/mol. The maximum atomic E-state index is 12.2. The molecule has 2 N–H and O–H groups in total. The van der Waals surface area contributed by atoms with Crippen LogP contribution in [0.3, 0.4) is 0 Å². The Balaban J connectivity index is 2.27. The van der Waals surface area contributed by atoms with E-state index in [4.69, 9.17) is 27.9 Å². The van der Waals surface area contributed by atoms with Gasteiger partial charge in [0.1, 0.15) is 11.7 Å². The normalized spacial score (nSPS) is 14.1. The van der Waals surface area contributed by atoms with E-state index in [1.165, 1.54) is 11.3 Å². The molecule has 0 saturated heterocycles. The lowest BCUT2D eigenvalue weighted by Crippen LogP contribution is -2.37. The molecule has 2 rings (SSSR count). The summed E-state index contributed by atoms with van der Waals surface area (Å²) in [6.45, 7) is 5.32. The van der Waals surface area contributed by atoms with Crippen molar-refractivity contribution in [3.8, 4) is 0 Å². The van der Waals surface area contributed by atoms with E-state index in [2.05, 4.69) is 5.32 Å². The second-order valence-electron chi connectivity index (χ2n) is 6.27. The minimum absolute atomic E-state index is 0.506. The number of thiophene rings is 1. The molecule has 130 valence electrons. The zero-order chi connectivity index (χ0) is 17.9. The fraction of sp³-hybridized carbons (Fsp3) is 0.353. The standard InChI is InChI=1S/C17H19Cl2NO3S/c1-17(2,3)23-16(22)20-14(12-7-8-13(19)24-12)15(21)10-5-4-6-11(18)9-10/h4-9,14-15,21H,1-3H3,(H,20,22)/t14-,15-/m1/s1. The first-order chi connectivity index (χ1) is 11.2. The number of benzene rings is 1. The quantitative estimate of drug-likeness (QED) is 0.742. The second kappa shape index (κ2) is 7.74. The summed E-state index contributed by atoms with van der Waals surface area (Å²) in [4.78, 5) is 12.9. The van der Waals surface area contributed by atoms with Crippen LogP contribution < -0.4 is 5.32 Å². The van der Waals surface area contributed by atoms with E-state index in [0.717, 1.165) is 4.88 Å². The first-order valence-electron chi connectivity index (χ1n) is 7.34. The summed E-state index contributed by atoms with van der Waals surface area (Å²) in [7, 11) is 0. The number of aliphatic hydroxyl groups is 1. The Bertz CT molecular complexity index is 712. The third-order valence-corrected chi connectivity index (χ3v) is 4.63. The molecule has 2 aromatic rings. The van der Waals surface area contributed by atoms with Gasteiger partial charge in [-0.2, -0.15) is 0 Å². The highest BCUT2D eigenvalue weighted by atomic mass is 35.5. The van der Waals surface area contributed by atoms with Crippen molar-refractivity contribution in [2.45, 2.75) is 38.5 Å². The third-order valence-electron chi connectivity index (χ3n) is 3.08. The summed E-state index contributed by atoms with van der Waals surface area (Å²) in [5, 5.41) is 14.0. The van der Waals surface area contributed by atoms with Crippen LogP contribution in [-0.4, -0.2) is 16.8 Å². The highest BCUT2D eigenvalue weighted by Crippen LogP contribution is 2.35. The zero-order valence-corrected chi connectivity index (χ0v) is 15.9. The number of halogens is 2. The van der Waals surface area contributed by atoms with E-state index < -0.39 is 23.8 Å². The Morgan fingerprint density at radius 2 is 1.96 bits per heavy atom. The largest absolute Gasteiger partial charge is 0.444 e. The van der Waals surface area contributed by atoms with Crippen LogP contribution in [0.1, 0.15) is 43.4 Å². The highest BCUT2D eigenvalue weighted by Gasteiger charge is 2.28. The molecule has 1 heterocycles. The Labute approximate surface area is 155 Å². The number of carbonyl (C=O) groups excluding carboxylic acids is 1. The molecule has 24 heavy (non-hydrogen) atoms. The van der Waals surface area contributed by atoms with Gasteiger partial charge in [-0.1, -0.05) is 35.3 Å². The van der Waals surface area contributed by atoms with Crippen molar-refractivity contribution >= 4 is 40.6 Å². The van der Waals surface area contributed by atoms with Gasteiger partial charge in [-0.3, -0.25) is 0 Å². The third kappa shape index (κ3) is 5.38. The van der Waals surface area contributed by atoms with Crippen molar-refractivity contribution in [3.05, 3.63) is 56.2 Å². The fourth-order valence-electron chi connectivity index (χ4n) is 2.12. The van der Waals surface area contributed by atoms with Gasteiger partial charge in [0.15, 0.2) is 0 Å². The van der Waals surface area contributed by atoms with Gasteiger partial charge in [0.25, 0.3) is 0 Å². The van der Waals surface area contributed by atoms with Crippen LogP contribution in [0.5, 0.6) is 0 Å². The average Bonchev–Trinajstić information content (AvgIpc) is 2.88. The van der Waals surface area contributed by atoms with Crippen molar-refractivity contribution in [2.75, 3.05) is 0 Å². The van der Waals surface area contributed by atoms with Gasteiger partial charge in [-0.05, 0) is 50.6 Å². The first kappa shape index (κ1) is 19.1. The highest BCUT2D eigenvalue weighted by molar-refractivity contribution is 7.16. The van der Waals surface area contributed by atoms with Gasteiger partial charge in [-0.25, -0.2) is 4.79 Å². The number of alkyl carbamates (subject to hydrolysis) is 1. The SMILES string of the molecule is CC(C)(C)OC(=O)N[C@H](c1ccc(Cl)s1)[C@H](O)c1cccc(Cl)c1. The predicted molar refractivity (Wildman–Crippen MR) is 97.9 cm³/mol. The molecular formula is C17H19Cl2NO3S. The summed E-state index contributed by atoms with van der Waals surface area (Å²) in [6.07, 6.45) is -1.61. The molecule has 0 aliphatic rings. The number of hydrogen-bond donors (Lipinski definition) is 2. The lowest BCUT2D eigenvalue weighted by molar-refractivity contribution is 0.0422. The second-order valence-corrected chi connectivity index (χ2v) is 8.45. The minimum Gasteiger partial charge on any atom is -0.444 e. The molecule has 0 spiro atoms. The molecule has 0 bridgehead atoms. The molecule has 0 fully saturated rings. The molecule has 1 amide bonds. The number of ether oxygens (including phenoxy) is 1. The molecule has 0 saturated carbocycles. The van der Waals surface area contributed by atoms with Gasteiger partial charge < -0.3 is 15.2 Å². The van der Waals surface area contributed by atoms with E-state index in [-0.39, 0.29) is 0 Å². The number of amides is 1. The van der Waals surface area contributed by atoms with Gasteiger partial charge in [-0.15, -0.1) is 11.3 Å². The average molecular weight is 388 g/mol. The van der Waals surface area contributed by atoms with E-state index in [0.29, 0.717) is 14.9 Å². The van der Waals surface area contributed by atoms with Crippen molar-refractivity contribution in [1.82, 2.24) is 5.32 Å². The first-order valence-corrected chi connectivity index (χ1v) is 8.91. The molecule has 7 heteroatoms. The molecule has 1 aromatic heterocycles. The van der Waals surface area contributed by atoms with Crippen LogP contribution in [0, 0.1) is 0 Å². The number of rotatable bonds is 4. The van der Waals surface area contributed by atoms with Crippen molar-refractivity contribution < 1.29 is 14.6 Å². The minimum atomic E-state index is -0.995. The van der Waals surface area contributed by atoms with Crippen molar-refractivity contribution in [3.63, 3.8) is 0 Å². The van der Waals surface area contributed by atoms with Gasteiger partial charge in [0.05, 0.1) is 10.4 Å². The van der Waals surface area contributed by atoms with Crippen LogP contribution in [0.15, 0.2) is 36.4 Å². The van der Waals surface area contributed by atoms with Crippen LogP contribution in [0.4, 0.5) is 4.79 Å².